The smallest absolute Gasteiger partial charge is 0.231 e. The number of aromatic nitrogens is 3. The van der Waals surface area contributed by atoms with Gasteiger partial charge in [0.25, 0.3) is 0 Å². The van der Waals surface area contributed by atoms with E-state index in [1.807, 2.05) is 13.8 Å². The summed E-state index contributed by atoms with van der Waals surface area (Å²) in [7, 11) is 0. The van der Waals surface area contributed by atoms with Crippen molar-refractivity contribution >= 4 is 17.7 Å². The zero-order valence-electron chi connectivity index (χ0n) is 22.7. The lowest BCUT2D eigenvalue weighted by molar-refractivity contribution is -0.267. The van der Waals surface area contributed by atoms with Crippen LogP contribution in [0.1, 0.15) is 58.6 Å². The highest BCUT2D eigenvalue weighted by atomic mass is 16.7. The lowest BCUT2D eigenvalue weighted by Crippen LogP contribution is -2.64. The first kappa shape index (κ1) is 32.5. The summed E-state index contributed by atoms with van der Waals surface area (Å²) in [5.74, 6) is -1.16. The number of ether oxygens (including phenoxy) is 3. The van der Waals surface area contributed by atoms with Gasteiger partial charge in [-0.2, -0.15) is 0 Å². The summed E-state index contributed by atoms with van der Waals surface area (Å²) in [5.41, 5.74) is 0.349. The second-order valence-corrected chi connectivity index (χ2v) is 9.61. The highest BCUT2D eigenvalue weighted by Crippen LogP contribution is 2.24. The Balaban J connectivity index is 1.69. The predicted molar refractivity (Wildman–Crippen MR) is 136 cm³/mol. The van der Waals surface area contributed by atoms with Crippen molar-refractivity contribution in [1.29, 1.82) is 0 Å². The van der Waals surface area contributed by atoms with Gasteiger partial charge in [-0.3, -0.25) is 14.4 Å². The molecule has 1 aromatic heterocycles. The maximum atomic E-state index is 11.8. The van der Waals surface area contributed by atoms with Gasteiger partial charge in [0.2, 0.25) is 17.7 Å². The van der Waals surface area contributed by atoms with Crippen molar-refractivity contribution < 1.29 is 43.9 Å². The van der Waals surface area contributed by atoms with E-state index in [9.17, 15) is 24.6 Å². The predicted octanol–water partition coefficient (Wildman–Crippen LogP) is -1.70. The van der Waals surface area contributed by atoms with Crippen LogP contribution in [0.25, 0.3) is 0 Å². The largest absolute Gasteiger partial charge is 0.390 e. The minimum absolute atomic E-state index is 0.0122. The number of amides is 3. The number of hydrogen-bond donors (Lipinski definition) is 6. The molecule has 15 nitrogen and oxygen atoms in total. The van der Waals surface area contributed by atoms with E-state index in [0.717, 1.165) is 19.3 Å². The zero-order chi connectivity index (χ0) is 28.8. The van der Waals surface area contributed by atoms with E-state index in [2.05, 4.69) is 26.3 Å². The molecule has 15 heteroatoms. The lowest BCUT2D eigenvalue weighted by Gasteiger charge is -2.42. The zero-order valence-corrected chi connectivity index (χ0v) is 22.7. The fourth-order valence-corrected chi connectivity index (χ4v) is 3.87. The highest BCUT2D eigenvalue weighted by Gasteiger charge is 2.45. The van der Waals surface area contributed by atoms with Crippen LogP contribution in [0.4, 0.5) is 0 Å². The van der Waals surface area contributed by atoms with E-state index in [1.54, 1.807) is 0 Å². The van der Waals surface area contributed by atoms with Crippen molar-refractivity contribution in [3.63, 3.8) is 0 Å². The second kappa shape index (κ2) is 17.1. The summed E-state index contributed by atoms with van der Waals surface area (Å²) in [6, 6.07) is -0.971. The molecule has 0 radical (unpaired) electrons. The molecule has 6 N–H and O–H groups in total. The quantitative estimate of drug-likeness (QED) is 0.0722. The van der Waals surface area contributed by atoms with Crippen molar-refractivity contribution in [1.82, 2.24) is 30.9 Å². The van der Waals surface area contributed by atoms with Crippen molar-refractivity contribution in [2.75, 3.05) is 19.9 Å². The molecule has 1 aliphatic rings. The number of unbranched alkanes of at least 4 members (excludes halogenated alkanes) is 3. The van der Waals surface area contributed by atoms with Crippen molar-refractivity contribution in [2.45, 2.75) is 103 Å². The number of nitrogens with zero attached hydrogens (tertiary/aromatic N) is 3. The van der Waals surface area contributed by atoms with Crippen LogP contribution in [0.3, 0.4) is 0 Å². The first-order chi connectivity index (χ1) is 18.6. The molecule has 0 spiro atoms. The summed E-state index contributed by atoms with van der Waals surface area (Å²) in [6.45, 7) is 5.54. The van der Waals surface area contributed by atoms with Gasteiger partial charge in [-0.1, -0.05) is 18.1 Å². The molecule has 2 rings (SSSR count). The molecule has 222 valence electrons. The Morgan fingerprint density at radius 2 is 1.82 bits per heavy atom. The fourth-order valence-electron chi connectivity index (χ4n) is 3.87. The Hall–Kier alpha value is -2.69. The molecular weight excluding hydrogens is 516 g/mol. The normalized spacial score (nSPS) is 23.0. The molecule has 0 bridgehead atoms. The molecule has 0 aliphatic carbocycles. The molecular formula is C24H42N6O9. The molecule has 39 heavy (non-hydrogen) atoms. The third-order valence-electron chi connectivity index (χ3n) is 5.87. The van der Waals surface area contributed by atoms with Crippen LogP contribution in [-0.4, -0.2) is 105 Å². The summed E-state index contributed by atoms with van der Waals surface area (Å²) in [5, 5.41) is 45.8. The Morgan fingerprint density at radius 1 is 1.10 bits per heavy atom. The number of nitrogens with one attached hydrogen (secondary N) is 3. The van der Waals surface area contributed by atoms with Crippen LogP contribution in [0, 0.1) is 0 Å². The van der Waals surface area contributed by atoms with Gasteiger partial charge in [0.05, 0.1) is 25.5 Å². The number of carbonyl (C=O) groups excluding carboxylic acids is 3. The van der Waals surface area contributed by atoms with E-state index >= 15 is 0 Å². The Bertz CT molecular complexity index is 899. The van der Waals surface area contributed by atoms with Crippen LogP contribution in [0.5, 0.6) is 0 Å². The summed E-state index contributed by atoms with van der Waals surface area (Å²) in [6.07, 6.45) is -0.353. The van der Waals surface area contributed by atoms with Gasteiger partial charge in [0, 0.05) is 20.1 Å². The van der Waals surface area contributed by atoms with Crippen LogP contribution >= 0.6 is 0 Å². The molecule has 2 heterocycles. The lowest BCUT2D eigenvalue weighted by atomic mass is 9.96. The maximum absolute atomic E-state index is 11.8. The fraction of sp³-hybridized carbons (Fsp3) is 0.792. The van der Waals surface area contributed by atoms with E-state index in [4.69, 9.17) is 19.3 Å². The van der Waals surface area contributed by atoms with E-state index in [0.29, 0.717) is 18.7 Å². The topological polar surface area (TPSA) is 206 Å². The molecule has 3 amide bonds. The van der Waals surface area contributed by atoms with Gasteiger partial charge >= 0.3 is 0 Å². The molecule has 0 aromatic carbocycles. The number of rotatable bonds is 17. The second-order valence-electron chi connectivity index (χ2n) is 9.61. The average molecular weight is 559 g/mol. The van der Waals surface area contributed by atoms with E-state index in [1.165, 1.54) is 17.8 Å². The van der Waals surface area contributed by atoms with Gasteiger partial charge in [0.15, 0.2) is 6.29 Å². The summed E-state index contributed by atoms with van der Waals surface area (Å²) < 4.78 is 18.3. The number of aliphatic hydroxyl groups excluding tert-OH is 3. The molecule has 1 aromatic rings. The van der Waals surface area contributed by atoms with Gasteiger partial charge in [0.1, 0.15) is 43.2 Å². The average Bonchev–Trinajstić information content (AvgIpc) is 3.33. The first-order valence-electron chi connectivity index (χ1n) is 13.2. The summed E-state index contributed by atoms with van der Waals surface area (Å²) in [4.78, 5) is 35.2. The van der Waals surface area contributed by atoms with E-state index < -0.39 is 42.5 Å². The maximum Gasteiger partial charge on any atom is 0.231 e. The van der Waals surface area contributed by atoms with Crippen molar-refractivity contribution in [3.05, 3.63) is 11.9 Å². The molecule has 1 fully saturated rings. The number of aliphatic hydroxyl groups is 3. The van der Waals surface area contributed by atoms with Crippen molar-refractivity contribution in [3.8, 4) is 0 Å². The van der Waals surface area contributed by atoms with Crippen LogP contribution < -0.4 is 16.0 Å². The third kappa shape index (κ3) is 11.9. The first-order valence-corrected chi connectivity index (χ1v) is 13.2. The van der Waals surface area contributed by atoms with Crippen LogP contribution in [-0.2, 0) is 41.7 Å². The molecule has 0 saturated carbocycles. The number of hydrogen-bond acceptors (Lipinski definition) is 11. The van der Waals surface area contributed by atoms with Crippen LogP contribution in [0.2, 0.25) is 0 Å². The van der Waals surface area contributed by atoms with Gasteiger partial charge in [-0.25, -0.2) is 4.68 Å². The molecule has 5 unspecified atom stereocenters. The van der Waals surface area contributed by atoms with Crippen LogP contribution in [0.15, 0.2) is 6.20 Å². The highest BCUT2D eigenvalue weighted by molar-refractivity contribution is 5.96. The molecule has 5 atom stereocenters. The minimum atomic E-state index is -1.34. The SMILES string of the molecule is CC(=O)NC1C(OCCCCCCNC(=O)CC(=O)NCOC(C)C)OC(Cn2cc(CO)nn2)C(O)C1O. The summed E-state index contributed by atoms with van der Waals surface area (Å²) >= 11 is 0. The van der Waals surface area contributed by atoms with Gasteiger partial charge < -0.3 is 45.5 Å². The Labute approximate surface area is 227 Å². The monoisotopic (exact) mass is 558 g/mol. The van der Waals surface area contributed by atoms with Gasteiger partial charge in [-0.05, 0) is 26.7 Å². The Kier molecular flexibility index (Phi) is 14.3. The number of carbonyl (C=O) groups is 3. The Morgan fingerprint density at radius 3 is 2.49 bits per heavy atom. The molecule has 1 aliphatic heterocycles. The van der Waals surface area contributed by atoms with Gasteiger partial charge in [-0.15, -0.1) is 5.10 Å². The van der Waals surface area contributed by atoms with E-state index in [-0.39, 0.29) is 44.9 Å². The van der Waals surface area contributed by atoms with Crippen molar-refractivity contribution in [2.24, 2.45) is 0 Å². The molecule has 1 saturated heterocycles. The standard InChI is InChI=1S/C24H42N6O9/c1-15(2)38-14-26-20(34)10-19(33)25-8-6-4-5-7-9-37-24-21(27-16(3)32)23(36)22(35)18(39-24)12-30-11-17(13-31)28-29-30/h11,15,18,21-24,31,35-36H,4-10,12-14H2,1-3H3,(H,25,33)(H,26,34)(H,27,32). The third-order valence-corrected chi connectivity index (χ3v) is 5.87. The minimum Gasteiger partial charge on any atom is -0.390 e.